The number of hydrogen-bond acceptors (Lipinski definition) is 1. The van der Waals surface area contributed by atoms with Crippen LogP contribution in [0.15, 0.2) is 24.3 Å². The van der Waals surface area contributed by atoms with E-state index in [1.165, 1.54) is 24.1 Å². The number of alkyl halides is 1. The van der Waals surface area contributed by atoms with Gasteiger partial charge in [-0.15, -0.1) is 0 Å². The predicted octanol–water partition coefficient (Wildman–Crippen LogP) is 2.81. The number of para-hydroxylation sites is 1. The molecule has 0 saturated heterocycles. The van der Waals surface area contributed by atoms with Crippen LogP contribution < -0.4 is 5.32 Å². The molecule has 1 aliphatic heterocycles. The van der Waals surface area contributed by atoms with Crippen LogP contribution in [0.4, 0.5) is 5.69 Å². The molecule has 1 nitrogen and oxygen atoms in total. The largest absolute Gasteiger partial charge is 0.381 e. The lowest BCUT2D eigenvalue weighted by molar-refractivity contribution is 0.692. The van der Waals surface area contributed by atoms with Crippen LogP contribution in [-0.2, 0) is 6.42 Å². The van der Waals surface area contributed by atoms with Crippen molar-refractivity contribution in [3.63, 3.8) is 0 Å². The van der Waals surface area contributed by atoms with Crippen molar-refractivity contribution >= 4 is 21.6 Å². The van der Waals surface area contributed by atoms with Gasteiger partial charge in [0.2, 0.25) is 0 Å². The third-order valence-electron chi connectivity index (χ3n) is 2.33. The van der Waals surface area contributed by atoms with Gasteiger partial charge >= 0.3 is 0 Å². The lowest BCUT2D eigenvalue weighted by Gasteiger charge is -2.25. The molecule has 1 heterocycles. The first-order chi connectivity index (χ1) is 5.90. The number of fused-ring (bicyclic) bond motifs is 1. The summed E-state index contributed by atoms with van der Waals surface area (Å²) in [6, 6.07) is 9.16. The van der Waals surface area contributed by atoms with E-state index in [0.29, 0.717) is 6.04 Å². The minimum Gasteiger partial charge on any atom is -0.381 e. The normalized spacial score (nSPS) is 21.2. The quantitative estimate of drug-likeness (QED) is 0.726. The maximum Gasteiger partial charge on any atom is 0.0375 e. The number of anilines is 1. The van der Waals surface area contributed by atoms with E-state index in [0.717, 1.165) is 5.33 Å². The molecule has 1 aromatic rings. The molecule has 0 spiro atoms. The summed E-state index contributed by atoms with van der Waals surface area (Å²) in [6.07, 6.45) is 2.45. The first-order valence-corrected chi connectivity index (χ1v) is 5.42. The molecule has 0 amide bonds. The van der Waals surface area contributed by atoms with Gasteiger partial charge in [-0.1, -0.05) is 34.1 Å². The number of nitrogens with one attached hydrogen (secondary N) is 1. The second-order valence-corrected chi connectivity index (χ2v) is 3.84. The topological polar surface area (TPSA) is 12.0 Å². The third kappa shape index (κ3) is 1.48. The van der Waals surface area contributed by atoms with Crippen molar-refractivity contribution in [1.82, 2.24) is 0 Å². The van der Waals surface area contributed by atoms with Crippen molar-refractivity contribution in [3.8, 4) is 0 Å². The average molecular weight is 226 g/mol. The van der Waals surface area contributed by atoms with E-state index in [4.69, 9.17) is 0 Å². The molecule has 0 bridgehead atoms. The van der Waals surface area contributed by atoms with Crippen LogP contribution in [0.1, 0.15) is 12.0 Å². The summed E-state index contributed by atoms with van der Waals surface area (Å²) in [6.45, 7) is 0. The Morgan fingerprint density at radius 2 is 2.25 bits per heavy atom. The van der Waals surface area contributed by atoms with Gasteiger partial charge in [0.15, 0.2) is 0 Å². The molecule has 1 unspecified atom stereocenters. The van der Waals surface area contributed by atoms with E-state index < -0.39 is 0 Å². The van der Waals surface area contributed by atoms with Crippen molar-refractivity contribution in [3.05, 3.63) is 29.8 Å². The first-order valence-electron chi connectivity index (χ1n) is 4.30. The van der Waals surface area contributed by atoms with Crippen molar-refractivity contribution in [2.45, 2.75) is 18.9 Å². The predicted molar refractivity (Wildman–Crippen MR) is 56.0 cm³/mol. The molecule has 0 fully saturated rings. The fourth-order valence-electron chi connectivity index (χ4n) is 1.62. The molecule has 1 N–H and O–H groups in total. The van der Waals surface area contributed by atoms with Crippen LogP contribution in [0.2, 0.25) is 0 Å². The molecule has 12 heavy (non-hydrogen) atoms. The SMILES string of the molecule is BrCC1CCc2ccccc2N1. The molecular formula is C10H12BrN. The van der Waals surface area contributed by atoms with Gasteiger partial charge in [-0.05, 0) is 24.5 Å². The maximum absolute atomic E-state index is 3.50. The summed E-state index contributed by atoms with van der Waals surface area (Å²) in [5.41, 5.74) is 2.77. The van der Waals surface area contributed by atoms with Gasteiger partial charge in [-0.25, -0.2) is 0 Å². The van der Waals surface area contributed by atoms with Gasteiger partial charge in [-0.3, -0.25) is 0 Å². The highest BCUT2D eigenvalue weighted by molar-refractivity contribution is 9.09. The Morgan fingerprint density at radius 3 is 3.08 bits per heavy atom. The summed E-state index contributed by atoms with van der Waals surface area (Å²) in [5, 5.41) is 4.54. The van der Waals surface area contributed by atoms with E-state index in [1.54, 1.807) is 0 Å². The standard InChI is InChI=1S/C10H12BrN/c11-7-9-6-5-8-3-1-2-4-10(8)12-9/h1-4,9,12H,5-7H2. The van der Waals surface area contributed by atoms with E-state index in [2.05, 4.69) is 45.5 Å². The summed E-state index contributed by atoms with van der Waals surface area (Å²) >= 11 is 3.50. The number of aryl methyl sites for hydroxylation is 1. The monoisotopic (exact) mass is 225 g/mol. The van der Waals surface area contributed by atoms with Gasteiger partial charge < -0.3 is 5.32 Å². The molecule has 1 aromatic carbocycles. The Labute approximate surface area is 81.3 Å². The molecule has 0 aliphatic carbocycles. The highest BCUT2D eigenvalue weighted by Gasteiger charge is 2.14. The van der Waals surface area contributed by atoms with Crippen LogP contribution in [-0.4, -0.2) is 11.4 Å². The van der Waals surface area contributed by atoms with E-state index >= 15 is 0 Å². The zero-order valence-electron chi connectivity index (χ0n) is 6.89. The van der Waals surface area contributed by atoms with Gasteiger partial charge in [0, 0.05) is 17.1 Å². The van der Waals surface area contributed by atoms with Gasteiger partial charge in [0.25, 0.3) is 0 Å². The fraction of sp³-hybridized carbons (Fsp3) is 0.400. The molecule has 1 aliphatic rings. The minimum atomic E-state index is 0.611. The van der Waals surface area contributed by atoms with E-state index in [9.17, 15) is 0 Å². The Morgan fingerprint density at radius 1 is 1.42 bits per heavy atom. The number of rotatable bonds is 1. The van der Waals surface area contributed by atoms with Crippen LogP contribution in [0.3, 0.4) is 0 Å². The van der Waals surface area contributed by atoms with Crippen LogP contribution in [0, 0.1) is 0 Å². The second kappa shape index (κ2) is 3.48. The zero-order chi connectivity index (χ0) is 8.39. The van der Waals surface area contributed by atoms with Crippen LogP contribution in [0.5, 0.6) is 0 Å². The zero-order valence-corrected chi connectivity index (χ0v) is 8.47. The molecular weight excluding hydrogens is 214 g/mol. The Bertz CT molecular complexity index is 272. The summed E-state index contributed by atoms with van der Waals surface area (Å²) < 4.78 is 0. The average Bonchev–Trinajstić information content (AvgIpc) is 2.17. The molecule has 0 radical (unpaired) electrons. The Kier molecular flexibility index (Phi) is 2.35. The maximum atomic E-state index is 3.50. The van der Waals surface area contributed by atoms with Gasteiger partial charge in [0.1, 0.15) is 0 Å². The number of halogens is 1. The lowest BCUT2D eigenvalue weighted by atomic mass is 9.99. The molecule has 64 valence electrons. The second-order valence-electron chi connectivity index (χ2n) is 3.19. The highest BCUT2D eigenvalue weighted by Crippen LogP contribution is 2.24. The van der Waals surface area contributed by atoms with Crippen molar-refractivity contribution < 1.29 is 0 Å². The summed E-state index contributed by atoms with van der Waals surface area (Å²) in [5.74, 6) is 0. The smallest absolute Gasteiger partial charge is 0.0375 e. The summed E-state index contributed by atoms with van der Waals surface area (Å²) in [7, 11) is 0. The molecule has 1 atom stereocenters. The van der Waals surface area contributed by atoms with Gasteiger partial charge in [0.05, 0.1) is 0 Å². The third-order valence-corrected chi connectivity index (χ3v) is 3.11. The van der Waals surface area contributed by atoms with Crippen molar-refractivity contribution in [2.24, 2.45) is 0 Å². The minimum absolute atomic E-state index is 0.611. The Balaban J connectivity index is 2.23. The lowest BCUT2D eigenvalue weighted by Crippen LogP contribution is -2.26. The van der Waals surface area contributed by atoms with Crippen LogP contribution in [0.25, 0.3) is 0 Å². The molecule has 0 aromatic heterocycles. The number of hydrogen-bond donors (Lipinski definition) is 1. The number of benzene rings is 1. The first kappa shape index (κ1) is 8.11. The highest BCUT2D eigenvalue weighted by atomic mass is 79.9. The molecule has 2 rings (SSSR count). The van der Waals surface area contributed by atoms with E-state index in [1.807, 2.05) is 0 Å². The van der Waals surface area contributed by atoms with Crippen molar-refractivity contribution in [1.29, 1.82) is 0 Å². The van der Waals surface area contributed by atoms with Crippen LogP contribution >= 0.6 is 15.9 Å². The summed E-state index contributed by atoms with van der Waals surface area (Å²) in [4.78, 5) is 0. The molecule has 2 heteroatoms. The molecule has 0 saturated carbocycles. The Hall–Kier alpha value is -0.500. The van der Waals surface area contributed by atoms with Crippen molar-refractivity contribution in [2.75, 3.05) is 10.6 Å². The van der Waals surface area contributed by atoms with E-state index in [-0.39, 0.29) is 0 Å². The fourth-order valence-corrected chi connectivity index (χ4v) is 2.10. The van der Waals surface area contributed by atoms with Gasteiger partial charge in [-0.2, -0.15) is 0 Å².